The highest BCUT2D eigenvalue weighted by molar-refractivity contribution is 6.33. The Bertz CT molecular complexity index is 1470. The first-order valence-electron chi connectivity index (χ1n) is 9.00. The maximum atomic E-state index is 6.33. The van der Waals surface area contributed by atoms with Crippen molar-refractivity contribution in [3.8, 4) is 5.69 Å². The highest BCUT2D eigenvalue weighted by Gasteiger charge is 2.17. The van der Waals surface area contributed by atoms with Crippen LogP contribution in [0, 0.1) is 0 Å². The number of fused-ring (bicyclic) bond motifs is 7. The molecule has 6 aromatic rings. The van der Waals surface area contributed by atoms with Gasteiger partial charge in [0.2, 0.25) is 0 Å². The number of nitrogens with zero attached hydrogens (tertiary/aromatic N) is 1. The number of benzene rings is 4. The molecule has 0 amide bonds. The monoisotopic (exact) mass is 366 g/mol. The molecular formula is C24H15ClN2. The van der Waals surface area contributed by atoms with Crippen molar-refractivity contribution in [2.75, 3.05) is 0 Å². The van der Waals surface area contributed by atoms with Gasteiger partial charge in [-0.2, -0.15) is 0 Å². The van der Waals surface area contributed by atoms with Crippen LogP contribution in [0.4, 0.5) is 0 Å². The summed E-state index contributed by atoms with van der Waals surface area (Å²) in [6, 6.07) is 29.6. The fourth-order valence-electron chi connectivity index (χ4n) is 4.28. The van der Waals surface area contributed by atoms with E-state index in [0.29, 0.717) is 0 Å². The third-order valence-corrected chi connectivity index (χ3v) is 5.61. The third-order valence-electron chi connectivity index (χ3n) is 5.37. The molecular weight excluding hydrogens is 352 g/mol. The standard InChI is InChI=1S/C24H15ClN2/c25-15-10-11-19-18(14-15)23-20(26-19)12-13-22-24(23)17-8-4-5-9-21(17)27(22)16-6-2-1-3-7-16/h1-14,26H. The predicted octanol–water partition coefficient (Wildman–Crippen LogP) is 7.07. The Kier molecular flexibility index (Phi) is 2.97. The molecule has 0 aliphatic carbocycles. The topological polar surface area (TPSA) is 20.7 Å². The fraction of sp³-hybridized carbons (Fsp3) is 0. The van der Waals surface area contributed by atoms with Crippen molar-refractivity contribution in [3.63, 3.8) is 0 Å². The number of para-hydroxylation sites is 2. The Hall–Kier alpha value is -3.23. The van der Waals surface area contributed by atoms with Gasteiger partial charge in [-0.05, 0) is 48.5 Å². The third kappa shape index (κ3) is 2.02. The number of H-pyrrole nitrogens is 1. The van der Waals surface area contributed by atoms with E-state index in [9.17, 15) is 0 Å². The van der Waals surface area contributed by atoms with Crippen molar-refractivity contribution in [1.29, 1.82) is 0 Å². The Morgan fingerprint density at radius 1 is 0.630 bits per heavy atom. The molecule has 0 radical (unpaired) electrons. The number of rotatable bonds is 1. The molecule has 0 unspecified atom stereocenters. The van der Waals surface area contributed by atoms with Crippen LogP contribution < -0.4 is 0 Å². The summed E-state index contributed by atoms with van der Waals surface area (Å²) in [4.78, 5) is 3.54. The zero-order valence-electron chi connectivity index (χ0n) is 14.4. The molecule has 1 N–H and O–H groups in total. The lowest BCUT2D eigenvalue weighted by atomic mass is 10.1. The largest absolute Gasteiger partial charge is 0.354 e. The Morgan fingerprint density at radius 3 is 2.30 bits per heavy atom. The normalized spacial score (nSPS) is 11.9. The van der Waals surface area contributed by atoms with E-state index in [-0.39, 0.29) is 0 Å². The fourth-order valence-corrected chi connectivity index (χ4v) is 4.45. The predicted molar refractivity (Wildman–Crippen MR) is 115 cm³/mol. The maximum absolute atomic E-state index is 6.33. The SMILES string of the molecule is Clc1ccc2[nH]c3ccc4c(c5ccccc5n4-c4ccccc4)c3c2c1. The first-order chi connectivity index (χ1) is 13.3. The first-order valence-corrected chi connectivity index (χ1v) is 9.37. The zero-order valence-corrected chi connectivity index (χ0v) is 15.2. The van der Waals surface area contributed by atoms with Gasteiger partial charge in [-0.25, -0.2) is 0 Å². The molecule has 0 aliphatic rings. The Labute approximate surface area is 160 Å². The van der Waals surface area contributed by atoms with Crippen molar-refractivity contribution < 1.29 is 0 Å². The van der Waals surface area contributed by atoms with E-state index in [1.807, 2.05) is 6.07 Å². The minimum Gasteiger partial charge on any atom is -0.354 e. The molecule has 3 heteroatoms. The average Bonchev–Trinajstić information content (AvgIpc) is 3.23. The second-order valence-electron chi connectivity index (χ2n) is 6.89. The second kappa shape index (κ2) is 5.38. The van der Waals surface area contributed by atoms with Crippen molar-refractivity contribution in [3.05, 3.63) is 90.0 Å². The molecule has 128 valence electrons. The minimum atomic E-state index is 0.757. The van der Waals surface area contributed by atoms with E-state index in [4.69, 9.17) is 11.6 Å². The van der Waals surface area contributed by atoms with Crippen molar-refractivity contribution in [2.45, 2.75) is 0 Å². The smallest absolute Gasteiger partial charge is 0.0548 e. The van der Waals surface area contributed by atoms with Gasteiger partial charge in [0, 0.05) is 43.3 Å². The van der Waals surface area contributed by atoms with Crippen LogP contribution >= 0.6 is 11.6 Å². The van der Waals surface area contributed by atoms with Crippen molar-refractivity contribution in [1.82, 2.24) is 9.55 Å². The summed E-state index contributed by atoms with van der Waals surface area (Å²) in [7, 11) is 0. The molecule has 27 heavy (non-hydrogen) atoms. The molecule has 0 bridgehead atoms. The van der Waals surface area contributed by atoms with Crippen LogP contribution in [0.1, 0.15) is 0 Å². The summed E-state index contributed by atoms with van der Waals surface area (Å²) < 4.78 is 2.34. The summed E-state index contributed by atoms with van der Waals surface area (Å²) in [5.74, 6) is 0. The summed E-state index contributed by atoms with van der Waals surface area (Å²) in [5, 5.41) is 5.67. The van der Waals surface area contributed by atoms with E-state index in [2.05, 4.69) is 88.4 Å². The molecule has 0 aliphatic heterocycles. The lowest BCUT2D eigenvalue weighted by molar-refractivity contribution is 1.18. The highest BCUT2D eigenvalue weighted by Crippen LogP contribution is 2.40. The van der Waals surface area contributed by atoms with E-state index < -0.39 is 0 Å². The summed E-state index contributed by atoms with van der Waals surface area (Å²) in [6.45, 7) is 0. The van der Waals surface area contributed by atoms with Gasteiger partial charge in [-0.15, -0.1) is 0 Å². The summed E-state index contributed by atoms with van der Waals surface area (Å²) >= 11 is 6.33. The van der Waals surface area contributed by atoms with Gasteiger partial charge in [0.05, 0.1) is 11.0 Å². The number of hydrogen-bond acceptors (Lipinski definition) is 0. The van der Waals surface area contributed by atoms with Gasteiger partial charge >= 0.3 is 0 Å². The second-order valence-corrected chi connectivity index (χ2v) is 7.32. The van der Waals surface area contributed by atoms with Gasteiger partial charge in [-0.1, -0.05) is 48.0 Å². The van der Waals surface area contributed by atoms with Crippen LogP contribution in [0.5, 0.6) is 0 Å². The van der Waals surface area contributed by atoms with E-state index in [1.165, 1.54) is 38.3 Å². The van der Waals surface area contributed by atoms with Gasteiger partial charge in [0.15, 0.2) is 0 Å². The Morgan fingerprint density at radius 2 is 1.41 bits per heavy atom. The van der Waals surface area contributed by atoms with Crippen LogP contribution in [0.3, 0.4) is 0 Å². The van der Waals surface area contributed by atoms with Gasteiger partial charge < -0.3 is 9.55 Å². The highest BCUT2D eigenvalue weighted by atomic mass is 35.5. The van der Waals surface area contributed by atoms with Crippen LogP contribution in [0.25, 0.3) is 49.3 Å². The van der Waals surface area contributed by atoms with Gasteiger partial charge in [-0.3, -0.25) is 0 Å². The quantitative estimate of drug-likeness (QED) is 0.321. The number of halogens is 1. The van der Waals surface area contributed by atoms with Crippen molar-refractivity contribution >= 4 is 55.2 Å². The van der Waals surface area contributed by atoms with Crippen LogP contribution in [-0.2, 0) is 0 Å². The zero-order chi connectivity index (χ0) is 18.0. The molecule has 2 heterocycles. The molecule has 6 rings (SSSR count). The molecule has 2 nitrogen and oxygen atoms in total. The molecule has 0 saturated heterocycles. The van der Waals surface area contributed by atoms with Crippen LogP contribution in [0.2, 0.25) is 5.02 Å². The first kappa shape index (κ1) is 14.9. The average molecular weight is 367 g/mol. The summed E-state index contributed by atoms with van der Waals surface area (Å²) in [5.41, 5.74) is 5.83. The van der Waals surface area contributed by atoms with Crippen LogP contribution in [0.15, 0.2) is 84.9 Å². The number of aromatic nitrogens is 2. The van der Waals surface area contributed by atoms with E-state index >= 15 is 0 Å². The molecule has 0 fully saturated rings. The number of nitrogens with one attached hydrogen (secondary N) is 1. The molecule has 0 spiro atoms. The lowest BCUT2D eigenvalue weighted by Gasteiger charge is -2.07. The van der Waals surface area contributed by atoms with Crippen LogP contribution in [-0.4, -0.2) is 9.55 Å². The Balaban J connectivity index is 1.91. The maximum Gasteiger partial charge on any atom is 0.0548 e. The number of aromatic amines is 1. The lowest BCUT2D eigenvalue weighted by Crippen LogP contribution is -1.92. The molecule has 0 saturated carbocycles. The molecule has 2 aromatic heterocycles. The number of hydrogen-bond donors (Lipinski definition) is 1. The van der Waals surface area contributed by atoms with Crippen molar-refractivity contribution in [2.24, 2.45) is 0 Å². The van der Waals surface area contributed by atoms with E-state index in [0.717, 1.165) is 16.1 Å². The van der Waals surface area contributed by atoms with E-state index in [1.54, 1.807) is 0 Å². The molecule has 4 aromatic carbocycles. The van der Waals surface area contributed by atoms with Gasteiger partial charge in [0.25, 0.3) is 0 Å². The minimum absolute atomic E-state index is 0.757. The molecule has 0 atom stereocenters. The van der Waals surface area contributed by atoms with Gasteiger partial charge in [0.1, 0.15) is 0 Å². The summed E-state index contributed by atoms with van der Waals surface area (Å²) in [6.07, 6.45) is 0.